The smallest absolute Gasteiger partial charge is 0.175 e. The SMILES string of the molecule is CC/C(=N\N(C)Cc1ccccc1)C(C)=O. The number of benzene rings is 1. The third kappa shape index (κ3) is 3.85. The van der Waals surface area contributed by atoms with Crippen molar-refractivity contribution in [2.75, 3.05) is 7.05 Å². The summed E-state index contributed by atoms with van der Waals surface area (Å²) in [5.74, 6) is 0.0439. The van der Waals surface area contributed by atoms with E-state index in [-0.39, 0.29) is 5.78 Å². The first kappa shape index (κ1) is 12.4. The second kappa shape index (κ2) is 6.05. The Kier molecular flexibility index (Phi) is 4.70. The maximum absolute atomic E-state index is 11.2. The Morgan fingerprint density at radius 1 is 1.31 bits per heavy atom. The van der Waals surface area contributed by atoms with Crippen LogP contribution in [-0.2, 0) is 11.3 Å². The second-order valence-corrected chi connectivity index (χ2v) is 3.76. The molecule has 1 aromatic carbocycles. The fraction of sp³-hybridized carbons (Fsp3) is 0.385. The fourth-order valence-electron chi connectivity index (χ4n) is 1.48. The Labute approximate surface area is 96.8 Å². The summed E-state index contributed by atoms with van der Waals surface area (Å²) in [6.07, 6.45) is 0.675. The number of rotatable bonds is 5. The van der Waals surface area contributed by atoms with E-state index in [9.17, 15) is 4.79 Å². The predicted molar refractivity (Wildman–Crippen MR) is 66.3 cm³/mol. The van der Waals surface area contributed by atoms with Crippen LogP contribution in [0.5, 0.6) is 0 Å². The molecule has 0 saturated carbocycles. The first-order valence-corrected chi connectivity index (χ1v) is 5.47. The second-order valence-electron chi connectivity index (χ2n) is 3.76. The zero-order valence-electron chi connectivity index (χ0n) is 10.1. The van der Waals surface area contributed by atoms with Gasteiger partial charge in [0.2, 0.25) is 0 Å². The molecule has 3 nitrogen and oxygen atoms in total. The maximum atomic E-state index is 11.2. The molecule has 0 radical (unpaired) electrons. The molecule has 0 amide bonds. The topological polar surface area (TPSA) is 32.7 Å². The quantitative estimate of drug-likeness (QED) is 0.562. The fourth-order valence-corrected chi connectivity index (χ4v) is 1.48. The predicted octanol–water partition coefficient (Wildman–Crippen LogP) is 2.47. The summed E-state index contributed by atoms with van der Waals surface area (Å²) < 4.78 is 0. The van der Waals surface area contributed by atoms with Gasteiger partial charge in [0.25, 0.3) is 0 Å². The van der Waals surface area contributed by atoms with Gasteiger partial charge in [-0.2, -0.15) is 5.10 Å². The Bertz CT molecular complexity index is 371. The third-order valence-electron chi connectivity index (χ3n) is 2.29. The van der Waals surface area contributed by atoms with E-state index in [1.807, 2.05) is 44.3 Å². The van der Waals surface area contributed by atoms with Gasteiger partial charge in [-0.15, -0.1) is 0 Å². The molecule has 16 heavy (non-hydrogen) atoms. The van der Waals surface area contributed by atoms with Gasteiger partial charge in [0.15, 0.2) is 5.78 Å². The molecule has 0 aliphatic rings. The average Bonchev–Trinajstić information content (AvgIpc) is 2.27. The van der Waals surface area contributed by atoms with E-state index in [0.717, 1.165) is 6.54 Å². The normalized spacial score (nSPS) is 11.3. The van der Waals surface area contributed by atoms with Crippen LogP contribution < -0.4 is 0 Å². The first-order chi connectivity index (χ1) is 7.63. The number of hydrogen-bond donors (Lipinski definition) is 0. The minimum absolute atomic E-state index is 0.0439. The maximum Gasteiger partial charge on any atom is 0.175 e. The van der Waals surface area contributed by atoms with Crippen molar-refractivity contribution in [2.45, 2.75) is 26.8 Å². The van der Waals surface area contributed by atoms with Gasteiger partial charge >= 0.3 is 0 Å². The van der Waals surface area contributed by atoms with Crippen LogP contribution in [0, 0.1) is 0 Å². The third-order valence-corrected chi connectivity index (χ3v) is 2.29. The standard InChI is InChI=1S/C13H18N2O/c1-4-13(11(2)16)14-15(3)10-12-8-6-5-7-9-12/h5-9H,4,10H2,1-3H3/b14-13+. The van der Waals surface area contributed by atoms with Gasteiger partial charge in [-0.05, 0) is 12.0 Å². The minimum Gasteiger partial charge on any atom is -0.295 e. The molecule has 3 heteroatoms. The summed E-state index contributed by atoms with van der Waals surface area (Å²) in [5.41, 5.74) is 1.81. The first-order valence-electron chi connectivity index (χ1n) is 5.47. The molecule has 0 unspecified atom stereocenters. The minimum atomic E-state index is 0.0439. The van der Waals surface area contributed by atoms with Crippen molar-refractivity contribution in [3.05, 3.63) is 35.9 Å². The summed E-state index contributed by atoms with van der Waals surface area (Å²) in [4.78, 5) is 11.2. The highest BCUT2D eigenvalue weighted by Crippen LogP contribution is 2.03. The van der Waals surface area contributed by atoms with E-state index in [4.69, 9.17) is 0 Å². The Balaban J connectivity index is 2.66. The lowest BCUT2D eigenvalue weighted by Gasteiger charge is -2.14. The zero-order chi connectivity index (χ0) is 12.0. The van der Waals surface area contributed by atoms with Crippen LogP contribution in [0.25, 0.3) is 0 Å². The highest BCUT2D eigenvalue weighted by molar-refractivity contribution is 6.38. The molecular formula is C13H18N2O. The van der Waals surface area contributed by atoms with Gasteiger partial charge < -0.3 is 0 Å². The molecule has 0 saturated heterocycles. The molecule has 1 aromatic rings. The number of ketones is 1. The Morgan fingerprint density at radius 3 is 2.44 bits per heavy atom. The number of nitrogens with zero attached hydrogens (tertiary/aromatic N) is 2. The van der Waals surface area contributed by atoms with Crippen LogP contribution in [0.3, 0.4) is 0 Å². The largest absolute Gasteiger partial charge is 0.295 e. The van der Waals surface area contributed by atoms with E-state index in [2.05, 4.69) is 5.10 Å². The van der Waals surface area contributed by atoms with Crippen molar-refractivity contribution in [2.24, 2.45) is 5.10 Å². The molecule has 0 spiro atoms. The molecule has 0 bridgehead atoms. The van der Waals surface area contributed by atoms with Gasteiger partial charge in [0.05, 0.1) is 6.54 Å². The van der Waals surface area contributed by atoms with Crippen LogP contribution in [0.4, 0.5) is 0 Å². The van der Waals surface area contributed by atoms with Gasteiger partial charge in [0, 0.05) is 14.0 Å². The highest BCUT2D eigenvalue weighted by atomic mass is 16.1. The van der Waals surface area contributed by atoms with Gasteiger partial charge in [-0.25, -0.2) is 0 Å². The van der Waals surface area contributed by atoms with E-state index in [1.54, 1.807) is 11.9 Å². The van der Waals surface area contributed by atoms with Crippen molar-refractivity contribution in [3.8, 4) is 0 Å². The number of Topliss-reactive ketones (excluding diaryl/α,β-unsaturated/α-hetero) is 1. The Morgan fingerprint density at radius 2 is 1.94 bits per heavy atom. The zero-order valence-corrected chi connectivity index (χ0v) is 10.1. The number of hydrogen-bond acceptors (Lipinski definition) is 3. The average molecular weight is 218 g/mol. The molecule has 0 aliphatic heterocycles. The molecule has 1 rings (SSSR count). The summed E-state index contributed by atoms with van der Waals surface area (Å²) in [7, 11) is 1.88. The van der Waals surface area contributed by atoms with E-state index < -0.39 is 0 Å². The van der Waals surface area contributed by atoms with Crippen molar-refractivity contribution >= 4 is 11.5 Å². The summed E-state index contributed by atoms with van der Waals surface area (Å²) in [6, 6.07) is 10.1. The molecule has 0 heterocycles. The number of hydrazone groups is 1. The highest BCUT2D eigenvalue weighted by Gasteiger charge is 2.04. The van der Waals surface area contributed by atoms with Crippen molar-refractivity contribution in [1.29, 1.82) is 0 Å². The van der Waals surface area contributed by atoms with Gasteiger partial charge in [-0.3, -0.25) is 9.80 Å². The van der Waals surface area contributed by atoms with Gasteiger partial charge in [0.1, 0.15) is 5.71 Å². The molecule has 0 fully saturated rings. The van der Waals surface area contributed by atoms with Crippen LogP contribution in [-0.4, -0.2) is 23.6 Å². The van der Waals surface area contributed by atoms with Crippen LogP contribution >= 0.6 is 0 Å². The van der Waals surface area contributed by atoms with Crippen LogP contribution in [0.15, 0.2) is 35.4 Å². The molecule has 0 aromatic heterocycles. The van der Waals surface area contributed by atoms with E-state index in [0.29, 0.717) is 12.1 Å². The lowest BCUT2D eigenvalue weighted by atomic mass is 10.2. The van der Waals surface area contributed by atoms with E-state index in [1.165, 1.54) is 5.56 Å². The van der Waals surface area contributed by atoms with Crippen molar-refractivity contribution in [1.82, 2.24) is 5.01 Å². The lowest BCUT2D eigenvalue weighted by molar-refractivity contribution is -0.111. The monoisotopic (exact) mass is 218 g/mol. The van der Waals surface area contributed by atoms with Gasteiger partial charge in [-0.1, -0.05) is 37.3 Å². The molecule has 86 valence electrons. The number of carbonyl (C=O) groups is 1. The van der Waals surface area contributed by atoms with Crippen molar-refractivity contribution in [3.63, 3.8) is 0 Å². The lowest BCUT2D eigenvalue weighted by Crippen LogP contribution is -2.18. The summed E-state index contributed by atoms with van der Waals surface area (Å²) >= 11 is 0. The molecule has 0 N–H and O–H groups in total. The molecule has 0 atom stereocenters. The number of carbonyl (C=O) groups excluding carboxylic acids is 1. The molecule has 0 aliphatic carbocycles. The van der Waals surface area contributed by atoms with Crippen LogP contribution in [0.2, 0.25) is 0 Å². The molecular weight excluding hydrogens is 200 g/mol. The van der Waals surface area contributed by atoms with Crippen molar-refractivity contribution < 1.29 is 4.79 Å². The van der Waals surface area contributed by atoms with E-state index >= 15 is 0 Å². The summed E-state index contributed by atoms with van der Waals surface area (Å²) in [6.45, 7) is 4.22. The van der Waals surface area contributed by atoms with Crippen LogP contribution in [0.1, 0.15) is 25.8 Å². The summed E-state index contributed by atoms with van der Waals surface area (Å²) in [5, 5.41) is 6.09. The Hall–Kier alpha value is -1.64.